The number of nitrogens with one attached hydrogen (secondary N) is 1. The van der Waals surface area contributed by atoms with E-state index in [-0.39, 0.29) is 22.5 Å². The Morgan fingerprint density at radius 1 is 1.37 bits per heavy atom. The number of nitrogens with zero attached hydrogens (tertiary/aromatic N) is 3. The van der Waals surface area contributed by atoms with E-state index in [0.717, 1.165) is 12.3 Å². The topological polar surface area (TPSA) is 77.0 Å². The van der Waals surface area contributed by atoms with E-state index in [2.05, 4.69) is 20.3 Å². The molecule has 0 atom stereocenters. The summed E-state index contributed by atoms with van der Waals surface area (Å²) < 4.78 is 17.8. The zero-order valence-corrected chi connectivity index (χ0v) is 10.5. The molecular formula is C11H8ClFN4O2. The van der Waals surface area contributed by atoms with E-state index >= 15 is 0 Å². The van der Waals surface area contributed by atoms with E-state index in [9.17, 15) is 9.18 Å². The van der Waals surface area contributed by atoms with Crippen molar-refractivity contribution in [1.29, 1.82) is 0 Å². The Morgan fingerprint density at radius 2 is 2.16 bits per heavy atom. The number of rotatable bonds is 3. The lowest BCUT2D eigenvalue weighted by molar-refractivity contribution is 0.102. The second kappa shape index (κ2) is 5.57. The van der Waals surface area contributed by atoms with Crippen molar-refractivity contribution in [3.05, 3.63) is 41.1 Å². The van der Waals surface area contributed by atoms with Gasteiger partial charge in [-0.3, -0.25) is 15.1 Å². The van der Waals surface area contributed by atoms with Crippen LogP contribution in [0.3, 0.4) is 0 Å². The molecular weight excluding hydrogens is 275 g/mol. The minimum absolute atomic E-state index is 0.0430. The number of carbonyl (C=O) groups excluding carboxylic acids is 1. The standard InChI is InChI=1S/C11H8ClFN4O2/c1-19-9-3-8(12)15-11(16-9)17-10(18)6-2-7(13)5-14-4-6/h2-5H,1H3,(H,15,16,17,18). The van der Waals surface area contributed by atoms with Crippen molar-refractivity contribution in [3.8, 4) is 5.88 Å². The molecule has 0 unspecified atom stereocenters. The molecule has 0 saturated carbocycles. The SMILES string of the molecule is COc1cc(Cl)nc(NC(=O)c2cncc(F)c2)n1. The summed E-state index contributed by atoms with van der Waals surface area (Å²) >= 11 is 5.73. The normalized spacial score (nSPS) is 10.1. The molecule has 0 fully saturated rings. The van der Waals surface area contributed by atoms with Crippen LogP contribution in [0.1, 0.15) is 10.4 Å². The van der Waals surface area contributed by atoms with Crippen LogP contribution in [0, 0.1) is 5.82 Å². The molecule has 2 rings (SSSR count). The first-order valence-corrected chi connectivity index (χ1v) is 5.47. The van der Waals surface area contributed by atoms with E-state index in [0.29, 0.717) is 0 Å². The first-order valence-electron chi connectivity index (χ1n) is 5.09. The predicted octanol–water partition coefficient (Wildman–Crippen LogP) is 1.92. The third-order valence-electron chi connectivity index (χ3n) is 2.07. The number of amides is 1. The van der Waals surface area contributed by atoms with E-state index in [1.165, 1.54) is 19.4 Å². The zero-order chi connectivity index (χ0) is 13.8. The smallest absolute Gasteiger partial charge is 0.259 e. The first kappa shape index (κ1) is 13.2. The summed E-state index contributed by atoms with van der Waals surface area (Å²) in [6, 6.07) is 2.44. The van der Waals surface area contributed by atoms with Crippen molar-refractivity contribution in [1.82, 2.24) is 15.0 Å². The highest BCUT2D eigenvalue weighted by molar-refractivity contribution is 6.29. The fourth-order valence-electron chi connectivity index (χ4n) is 1.27. The van der Waals surface area contributed by atoms with Gasteiger partial charge < -0.3 is 4.74 Å². The van der Waals surface area contributed by atoms with Crippen LogP contribution in [0.4, 0.5) is 10.3 Å². The van der Waals surface area contributed by atoms with Crippen LogP contribution in [-0.4, -0.2) is 28.0 Å². The van der Waals surface area contributed by atoms with Crippen molar-refractivity contribution in [2.75, 3.05) is 12.4 Å². The minimum Gasteiger partial charge on any atom is -0.481 e. The number of halogens is 2. The maximum atomic E-state index is 12.9. The van der Waals surface area contributed by atoms with Crippen LogP contribution < -0.4 is 10.1 Å². The summed E-state index contributed by atoms with van der Waals surface area (Å²) in [5.41, 5.74) is 0.0440. The molecule has 0 bridgehead atoms. The van der Waals surface area contributed by atoms with Crippen LogP contribution in [0.15, 0.2) is 24.5 Å². The fraction of sp³-hybridized carbons (Fsp3) is 0.0909. The molecule has 1 N–H and O–H groups in total. The number of hydrogen-bond acceptors (Lipinski definition) is 5. The zero-order valence-electron chi connectivity index (χ0n) is 9.72. The van der Waals surface area contributed by atoms with E-state index < -0.39 is 11.7 Å². The first-order chi connectivity index (χ1) is 9.08. The van der Waals surface area contributed by atoms with E-state index in [4.69, 9.17) is 16.3 Å². The Labute approximate surface area is 112 Å². The monoisotopic (exact) mass is 282 g/mol. The number of pyridine rings is 1. The minimum atomic E-state index is -0.614. The van der Waals surface area contributed by atoms with Crippen LogP contribution in [-0.2, 0) is 0 Å². The van der Waals surface area contributed by atoms with Gasteiger partial charge in [-0.15, -0.1) is 0 Å². The molecule has 0 aliphatic carbocycles. The van der Waals surface area contributed by atoms with E-state index in [1.807, 2.05) is 0 Å². The lowest BCUT2D eigenvalue weighted by Gasteiger charge is -2.05. The van der Waals surface area contributed by atoms with Gasteiger partial charge >= 0.3 is 0 Å². The largest absolute Gasteiger partial charge is 0.481 e. The molecule has 0 radical (unpaired) electrons. The Balaban J connectivity index is 2.21. The molecule has 19 heavy (non-hydrogen) atoms. The molecule has 8 heteroatoms. The summed E-state index contributed by atoms with van der Waals surface area (Å²) in [4.78, 5) is 23.0. The van der Waals surface area contributed by atoms with Gasteiger partial charge in [0.2, 0.25) is 11.8 Å². The Hall–Kier alpha value is -2.28. The molecule has 6 nitrogen and oxygen atoms in total. The quantitative estimate of drug-likeness (QED) is 0.870. The van der Waals surface area contributed by atoms with Crippen molar-refractivity contribution in [2.24, 2.45) is 0 Å². The number of aromatic nitrogens is 3. The van der Waals surface area contributed by atoms with Crippen molar-refractivity contribution in [2.45, 2.75) is 0 Å². The van der Waals surface area contributed by atoms with Gasteiger partial charge in [-0.05, 0) is 6.07 Å². The molecule has 2 aromatic rings. The number of anilines is 1. The van der Waals surface area contributed by atoms with Gasteiger partial charge in [0.05, 0.1) is 18.9 Å². The molecule has 0 spiro atoms. The lowest BCUT2D eigenvalue weighted by Crippen LogP contribution is -2.15. The molecule has 2 aromatic heterocycles. The van der Waals surface area contributed by atoms with Gasteiger partial charge in [0, 0.05) is 12.3 Å². The van der Waals surface area contributed by atoms with Gasteiger partial charge in [-0.25, -0.2) is 9.37 Å². The Bertz CT molecular complexity index is 623. The van der Waals surface area contributed by atoms with Gasteiger partial charge in [0.25, 0.3) is 5.91 Å². The third kappa shape index (κ3) is 3.35. The molecule has 0 aromatic carbocycles. The van der Waals surface area contributed by atoms with Gasteiger partial charge in [0.1, 0.15) is 11.0 Å². The second-order valence-corrected chi connectivity index (χ2v) is 3.79. The number of ether oxygens (including phenoxy) is 1. The maximum absolute atomic E-state index is 12.9. The van der Waals surface area contributed by atoms with Gasteiger partial charge in [-0.2, -0.15) is 4.98 Å². The van der Waals surface area contributed by atoms with Crippen LogP contribution in [0.25, 0.3) is 0 Å². The number of carbonyl (C=O) groups is 1. The van der Waals surface area contributed by atoms with Crippen molar-refractivity contribution in [3.63, 3.8) is 0 Å². The molecule has 0 saturated heterocycles. The molecule has 98 valence electrons. The van der Waals surface area contributed by atoms with E-state index in [1.54, 1.807) is 0 Å². The van der Waals surface area contributed by atoms with Crippen LogP contribution >= 0.6 is 11.6 Å². The summed E-state index contributed by atoms with van der Waals surface area (Å²) in [6.45, 7) is 0. The summed E-state index contributed by atoms with van der Waals surface area (Å²) in [5, 5.41) is 2.48. The van der Waals surface area contributed by atoms with Crippen LogP contribution in [0.2, 0.25) is 5.15 Å². The van der Waals surface area contributed by atoms with Crippen LogP contribution in [0.5, 0.6) is 5.88 Å². The van der Waals surface area contributed by atoms with Gasteiger partial charge in [-0.1, -0.05) is 11.6 Å². The molecule has 0 aliphatic heterocycles. The second-order valence-electron chi connectivity index (χ2n) is 3.40. The number of hydrogen-bond donors (Lipinski definition) is 1. The maximum Gasteiger partial charge on any atom is 0.259 e. The number of methoxy groups -OCH3 is 1. The summed E-state index contributed by atoms with van der Waals surface area (Å²) in [7, 11) is 1.40. The summed E-state index contributed by atoms with van der Waals surface area (Å²) in [5.74, 6) is -1.06. The van der Waals surface area contributed by atoms with Crippen molar-refractivity contribution >= 4 is 23.5 Å². The molecule has 2 heterocycles. The molecule has 1 amide bonds. The predicted molar refractivity (Wildman–Crippen MR) is 65.7 cm³/mol. The molecule has 0 aliphatic rings. The average Bonchev–Trinajstić information content (AvgIpc) is 2.38. The average molecular weight is 283 g/mol. The highest BCUT2D eigenvalue weighted by atomic mass is 35.5. The fourth-order valence-corrected chi connectivity index (χ4v) is 1.44. The highest BCUT2D eigenvalue weighted by Crippen LogP contribution is 2.16. The lowest BCUT2D eigenvalue weighted by atomic mass is 10.2. The Kier molecular flexibility index (Phi) is 3.86. The summed E-state index contributed by atoms with van der Waals surface area (Å²) in [6.07, 6.45) is 2.22. The third-order valence-corrected chi connectivity index (χ3v) is 2.27. The van der Waals surface area contributed by atoms with Crippen molar-refractivity contribution < 1.29 is 13.9 Å². The van der Waals surface area contributed by atoms with Gasteiger partial charge in [0.15, 0.2) is 0 Å². The highest BCUT2D eigenvalue weighted by Gasteiger charge is 2.11. The Morgan fingerprint density at radius 3 is 2.84 bits per heavy atom.